The van der Waals surface area contributed by atoms with Crippen LogP contribution in [0.1, 0.15) is 32.9 Å². The molecule has 22 heavy (non-hydrogen) atoms. The zero-order valence-corrected chi connectivity index (χ0v) is 13.1. The van der Waals surface area contributed by atoms with Gasteiger partial charge in [-0.2, -0.15) is 0 Å². The van der Waals surface area contributed by atoms with Crippen molar-refractivity contribution in [1.82, 2.24) is 14.7 Å². The van der Waals surface area contributed by atoms with Gasteiger partial charge in [-0.1, -0.05) is 12.1 Å². The Morgan fingerprint density at radius 1 is 1.14 bits per heavy atom. The van der Waals surface area contributed by atoms with Crippen LogP contribution >= 0.6 is 0 Å². The van der Waals surface area contributed by atoms with E-state index in [9.17, 15) is 4.79 Å². The Hall–Kier alpha value is -2.62. The molecule has 0 aliphatic rings. The van der Waals surface area contributed by atoms with Crippen molar-refractivity contribution in [2.24, 2.45) is 0 Å². The van der Waals surface area contributed by atoms with Crippen molar-refractivity contribution >= 4 is 11.6 Å². The number of pyridine rings is 1. The van der Waals surface area contributed by atoms with Gasteiger partial charge >= 0.3 is 0 Å². The number of aromatic nitrogens is 2. The van der Waals surface area contributed by atoms with Gasteiger partial charge in [0.2, 0.25) is 0 Å². The number of rotatable bonds is 3. The predicted molar refractivity (Wildman–Crippen MR) is 87.0 cm³/mol. The summed E-state index contributed by atoms with van der Waals surface area (Å²) in [6.07, 6.45) is 1.97. The van der Waals surface area contributed by atoms with Crippen molar-refractivity contribution in [3.63, 3.8) is 0 Å². The molecule has 2 aromatic heterocycles. The second-order valence-electron chi connectivity index (χ2n) is 5.55. The highest BCUT2D eigenvalue weighted by Gasteiger charge is 2.11. The van der Waals surface area contributed by atoms with E-state index >= 15 is 0 Å². The third kappa shape index (κ3) is 2.60. The Balaban J connectivity index is 1.80. The average molecular weight is 293 g/mol. The van der Waals surface area contributed by atoms with Gasteiger partial charge in [-0.05, 0) is 56.2 Å². The number of carbonyl (C=O) groups excluding carboxylic acids is 1. The molecule has 0 atom stereocenters. The molecule has 1 N–H and O–H groups in total. The first-order chi connectivity index (χ1) is 10.6. The number of imidazole rings is 1. The van der Waals surface area contributed by atoms with Crippen molar-refractivity contribution in [2.75, 3.05) is 0 Å². The number of aryl methyl sites for hydroxylation is 3. The monoisotopic (exact) mass is 293 g/mol. The van der Waals surface area contributed by atoms with Gasteiger partial charge in [0.05, 0.1) is 17.9 Å². The molecular formula is C18H19N3O. The van der Waals surface area contributed by atoms with E-state index in [0.717, 1.165) is 22.6 Å². The summed E-state index contributed by atoms with van der Waals surface area (Å²) in [5.74, 6) is -0.0617. The molecular weight excluding hydrogens is 274 g/mol. The maximum Gasteiger partial charge on any atom is 0.251 e. The lowest BCUT2D eigenvalue weighted by Gasteiger charge is -2.08. The highest BCUT2D eigenvalue weighted by Crippen LogP contribution is 2.13. The topological polar surface area (TPSA) is 46.4 Å². The highest BCUT2D eigenvalue weighted by molar-refractivity contribution is 5.94. The smallest absolute Gasteiger partial charge is 0.251 e. The van der Waals surface area contributed by atoms with Gasteiger partial charge in [0.1, 0.15) is 5.65 Å². The predicted octanol–water partition coefficient (Wildman–Crippen LogP) is 3.19. The number of amides is 1. The first-order valence-electron chi connectivity index (χ1n) is 7.34. The van der Waals surface area contributed by atoms with E-state index < -0.39 is 0 Å². The van der Waals surface area contributed by atoms with Crippen molar-refractivity contribution in [2.45, 2.75) is 27.3 Å². The second-order valence-corrected chi connectivity index (χ2v) is 5.55. The number of fused-ring (bicyclic) bond motifs is 1. The summed E-state index contributed by atoms with van der Waals surface area (Å²) in [6.45, 7) is 6.48. The molecule has 0 saturated heterocycles. The molecule has 0 aliphatic heterocycles. The third-order valence-electron chi connectivity index (χ3n) is 4.01. The largest absolute Gasteiger partial charge is 0.346 e. The fraction of sp³-hybridized carbons (Fsp3) is 0.222. The molecule has 0 unspecified atom stereocenters. The van der Waals surface area contributed by atoms with E-state index in [2.05, 4.69) is 10.3 Å². The third-order valence-corrected chi connectivity index (χ3v) is 4.01. The van der Waals surface area contributed by atoms with E-state index in [1.165, 1.54) is 5.56 Å². The zero-order chi connectivity index (χ0) is 15.7. The van der Waals surface area contributed by atoms with Crippen LogP contribution in [0.25, 0.3) is 5.65 Å². The number of nitrogens with zero attached hydrogens (tertiary/aromatic N) is 2. The number of hydrogen-bond acceptors (Lipinski definition) is 2. The van der Waals surface area contributed by atoms with Crippen LogP contribution in [0.4, 0.5) is 0 Å². The molecule has 0 saturated carbocycles. The van der Waals surface area contributed by atoms with Crippen molar-refractivity contribution in [3.05, 3.63) is 70.7 Å². The van der Waals surface area contributed by atoms with Crippen molar-refractivity contribution in [3.8, 4) is 0 Å². The van der Waals surface area contributed by atoms with Gasteiger partial charge < -0.3 is 9.72 Å². The summed E-state index contributed by atoms with van der Waals surface area (Å²) in [4.78, 5) is 16.8. The molecule has 0 bridgehead atoms. The van der Waals surface area contributed by atoms with Crippen LogP contribution in [0.3, 0.4) is 0 Å². The van der Waals surface area contributed by atoms with Crippen LogP contribution in [-0.4, -0.2) is 15.3 Å². The van der Waals surface area contributed by atoms with E-state index in [-0.39, 0.29) is 5.91 Å². The summed E-state index contributed by atoms with van der Waals surface area (Å²) in [7, 11) is 0. The van der Waals surface area contributed by atoms with E-state index in [1.54, 1.807) is 0 Å². The van der Waals surface area contributed by atoms with E-state index in [1.807, 2.05) is 67.8 Å². The van der Waals surface area contributed by atoms with Gasteiger partial charge in [-0.25, -0.2) is 4.98 Å². The Kier molecular flexibility index (Phi) is 3.67. The highest BCUT2D eigenvalue weighted by atomic mass is 16.1. The van der Waals surface area contributed by atoms with Gasteiger partial charge in [0, 0.05) is 11.8 Å². The Morgan fingerprint density at radius 3 is 2.73 bits per heavy atom. The lowest BCUT2D eigenvalue weighted by Crippen LogP contribution is -2.24. The van der Waals surface area contributed by atoms with Gasteiger partial charge in [-0.15, -0.1) is 0 Å². The number of nitrogens with one attached hydrogen (secondary N) is 1. The molecule has 0 aliphatic carbocycles. The fourth-order valence-corrected chi connectivity index (χ4v) is 2.53. The molecule has 1 amide bonds. The van der Waals surface area contributed by atoms with Crippen molar-refractivity contribution < 1.29 is 4.79 Å². The number of benzene rings is 1. The molecule has 3 rings (SSSR count). The summed E-state index contributed by atoms with van der Waals surface area (Å²) < 4.78 is 2.01. The second kappa shape index (κ2) is 5.64. The van der Waals surface area contributed by atoms with Crippen LogP contribution in [0.5, 0.6) is 0 Å². The Morgan fingerprint density at radius 2 is 1.95 bits per heavy atom. The SMILES string of the molecule is Cc1ccc(C(=O)NCc2c(C)nc3ccccn23)cc1C. The van der Waals surface area contributed by atoms with Crippen LogP contribution in [0.15, 0.2) is 42.6 Å². The molecule has 0 fully saturated rings. The molecule has 3 aromatic rings. The van der Waals surface area contributed by atoms with Gasteiger partial charge in [0.15, 0.2) is 0 Å². The van der Waals surface area contributed by atoms with Crippen LogP contribution in [0.2, 0.25) is 0 Å². The first-order valence-corrected chi connectivity index (χ1v) is 7.34. The number of hydrogen-bond donors (Lipinski definition) is 1. The van der Waals surface area contributed by atoms with Gasteiger partial charge in [0.25, 0.3) is 5.91 Å². The van der Waals surface area contributed by atoms with Crippen molar-refractivity contribution in [1.29, 1.82) is 0 Å². The minimum absolute atomic E-state index is 0.0617. The summed E-state index contributed by atoms with van der Waals surface area (Å²) in [5.41, 5.74) is 5.84. The summed E-state index contributed by atoms with van der Waals surface area (Å²) in [5, 5.41) is 2.98. The fourth-order valence-electron chi connectivity index (χ4n) is 2.53. The van der Waals surface area contributed by atoms with Crippen LogP contribution in [-0.2, 0) is 6.54 Å². The first kappa shape index (κ1) is 14.3. The minimum Gasteiger partial charge on any atom is -0.346 e. The molecule has 0 radical (unpaired) electrons. The van der Waals surface area contributed by atoms with Gasteiger partial charge in [-0.3, -0.25) is 4.79 Å². The van der Waals surface area contributed by atoms with Crippen LogP contribution in [0, 0.1) is 20.8 Å². The lowest BCUT2D eigenvalue weighted by molar-refractivity contribution is 0.0950. The van der Waals surface area contributed by atoms with E-state index in [4.69, 9.17) is 0 Å². The molecule has 2 heterocycles. The maximum atomic E-state index is 12.3. The zero-order valence-electron chi connectivity index (χ0n) is 13.1. The Bertz CT molecular complexity index is 849. The van der Waals surface area contributed by atoms with Crippen LogP contribution < -0.4 is 5.32 Å². The molecule has 4 nitrogen and oxygen atoms in total. The number of carbonyl (C=O) groups is 1. The minimum atomic E-state index is -0.0617. The lowest BCUT2D eigenvalue weighted by atomic mass is 10.1. The normalized spacial score (nSPS) is 10.9. The van der Waals surface area contributed by atoms with E-state index in [0.29, 0.717) is 12.1 Å². The molecule has 1 aromatic carbocycles. The Labute approximate surface area is 129 Å². The summed E-state index contributed by atoms with van der Waals surface area (Å²) >= 11 is 0. The quantitative estimate of drug-likeness (QED) is 0.806. The molecule has 0 spiro atoms. The standard InChI is InChI=1S/C18H19N3O/c1-12-7-8-15(10-13(12)2)18(22)19-11-16-14(3)20-17-6-4-5-9-21(16)17/h4-10H,11H2,1-3H3,(H,19,22). The summed E-state index contributed by atoms with van der Waals surface area (Å²) in [6, 6.07) is 11.6. The molecule has 4 heteroatoms. The maximum absolute atomic E-state index is 12.3. The average Bonchev–Trinajstić information content (AvgIpc) is 2.83. The molecule has 112 valence electrons.